The first-order valence-electron chi connectivity index (χ1n) is 8.36. The summed E-state index contributed by atoms with van der Waals surface area (Å²) in [5.41, 5.74) is 0.594. The maximum Gasteiger partial charge on any atom is 0.126 e. The molecule has 0 saturated carbocycles. The Kier molecular flexibility index (Phi) is 4.08. The lowest BCUT2D eigenvalue weighted by molar-refractivity contribution is -0.151. The second-order valence-electron chi connectivity index (χ2n) is 6.80. The molecule has 2 aliphatic rings. The molecular formula is C19H21FN2O2. The average Bonchev–Trinajstić information content (AvgIpc) is 2.57. The molecular weight excluding hydrogens is 307 g/mol. The van der Waals surface area contributed by atoms with Crippen LogP contribution in [-0.2, 0) is 16.9 Å². The number of hydrogen-bond acceptors (Lipinski definition) is 4. The van der Waals surface area contributed by atoms with Gasteiger partial charge in [0.2, 0.25) is 0 Å². The molecule has 3 heterocycles. The Morgan fingerprint density at radius 3 is 2.54 bits per heavy atom. The third-order valence-corrected chi connectivity index (χ3v) is 5.11. The molecule has 2 unspecified atom stereocenters. The van der Waals surface area contributed by atoms with E-state index in [2.05, 4.69) is 22.0 Å². The molecule has 2 atom stereocenters. The fourth-order valence-corrected chi connectivity index (χ4v) is 3.97. The van der Waals surface area contributed by atoms with Crippen molar-refractivity contribution in [3.05, 3.63) is 65.7 Å². The predicted octanol–water partition coefficient (Wildman–Crippen LogP) is 2.47. The number of hydrogen-bond donors (Lipinski definition) is 1. The Morgan fingerprint density at radius 2 is 1.88 bits per heavy atom. The van der Waals surface area contributed by atoms with E-state index in [1.165, 1.54) is 23.9 Å². The van der Waals surface area contributed by atoms with Gasteiger partial charge in [0.1, 0.15) is 11.4 Å². The standard InChI is InChI=1S/C19H21FN2O2/c20-15-6-7-21-18(8-15)19(23)9-16-12-24-13-17(10-19)22(16)11-14-4-2-1-3-5-14/h1-8,16-17,23H,9-13H2. The first-order valence-corrected chi connectivity index (χ1v) is 8.36. The van der Waals surface area contributed by atoms with Crippen LogP contribution in [0.4, 0.5) is 4.39 Å². The van der Waals surface area contributed by atoms with E-state index in [0.29, 0.717) is 31.7 Å². The quantitative estimate of drug-likeness (QED) is 0.940. The topological polar surface area (TPSA) is 45.6 Å². The summed E-state index contributed by atoms with van der Waals surface area (Å²) in [6, 6.07) is 13.2. The summed E-state index contributed by atoms with van der Waals surface area (Å²) in [7, 11) is 0. The van der Waals surface area contributed by atoms with E-state index in [0.717, 1.165) is 6.54 Å². The van der Waals surface area contributed by atoms with Gasteiger partial charge in [-0.05, 0) is 30.5 Å². The highest BCUT2D eigenvalue weighted by Crippen LogP contribution is 2.40. The molecule has 0 spiro atoms. The van der Waals surface area contributed by atoms with Crippen LogP contribution in [-0.4, -0.2) is 40.3 Å². The van der Waals surface area contributed by atoms with Gasteiger partial charge < -0.3 is 9.84 Å². The van der Waals surface area contributed by atoms with E-state index >= 15 is 0 Å². The molecule has 0 radical (unpaired) electrons. The summed E-state index contributed by atoms with van der Waals surface area (Å²) in [5, 5.41) is 11.1. The van der Waals surface area contributed by atoms with Gasteiger partial charge in [-0.2, -0.15) is 0 Å². The third-order valence-electron chi connectivity index (χ3n) is 5.11. The lowest BCUT2D eigenvalue weighted by Crippen LogP contribution is -2.60. The molecule has 4 rings (SSSR count). The van der Waals surface area contributed by atoms with Gasteiger partial charge >= 0.3 is 0 Å². The number of benzene rings is 1. The van der Waals surface area contributed by atoms with Crippen molar-refractivity contribution in [3.63, 3.8) is 0 Å². The number of piperidine rings is 1. The molecule has 2 fully saturated rings. The number of aromatic nitrogens is 1. The highest BCUT2D eigenvalue weighted by atomic mass is 19.1. The Morgan fingerprint density at radius 1 is 1.17 bits per heavy atom. The first-order chi connectivity index (χ1) is 11.6. The number of rotatable bonds is 3. The molecule has 1 aromatic heterocycles. The summed E-state index contributed by atoms with van der Waals surface area (Å²) in [6.45, 7) is 2.01. The van der Waals surface area contributed by atoms with Crippen molar-refractivity contribution >= 4 is 0 Å². The van der Waals surface area contributed by atoms with Gasteiger partial charge in [-0.1, -0.05) is 30.3 Å². The molecule has 2 saturated heterocycles. The molecule has 2 aromatic rings. The van der Waals surface area contributed by atoms with Crippen molar-refractivity contribution in [2.45, 2.75) is 37.1 Å². The summed E-state index contributed by atoms with van der Waals surface area (Å²) in [4.78, 5) is 6.63. The fourth-order valence-electron chi connectivity index (χ4n) is 3.97. The van der Waals surface area contributed by atoms with Crippen molar-refractivity contribution in [2.75, 3.05) is 13.2 Å². The smallest absolute Gasteiger partial charge is 0.126 e. The van der Waals surface area contributed by atoms with Crippen LogP contribution < -0.4 is 0 Å². The second kappa shape index (κ2) is 6.24. The van der Waals surface area contributed by atoms with Crippen molar-refractivity contribution < 1.29 is 14.2 Å². The van der Waals surface area contributed by atoms with Crippen LogP contribution in [0.15, 0.2) is 48.7 Å². The van der Waals surface area contributed by atoms with Gasteiger partial charge in [-0.25, -0.2) is 4.39 Å². The maximum absolute atomic E-state index is 13.6. The zero-order valence-electron chi connectivity index (χ0n) is 13.4. The zero-order valence-corrected chi connectivity index (χ0v) is 13.4. The van der Waals surface area contributed by atoms with Gasteiger partial charge in [-0.15, -0.1) is 0 Å². The van der Waals surface area contributed by atoms with E-state index in [-0.39, 0.29) is 17.9 Å². The van der Waals surface area contributed by atoms with E-state index in [1.807, 2.05) is 18.2 Å². The molecule has 126 valence electrons. The van der Waals surface area contributed by atoms with Gasteiger partial charge in [0.25, 0.3) is 0 Å². The molecule has 2 aliphatic heterocycles. The maximum atomic E-state index is 13.6. The van der Waals surface area contributed by atoms with E-state index in [1.54, 1.807) is 0 Å². The van der Waals surface area contributed by atoms with Gasteiger partial charge in [0.05, 0.1) is 18.9 Å². The van der Waals surface area contributed by atoms with E-state index in [4.69, 9.17) is 4.74 Å². The van der Waals surface area contributed by atoms with Gasteiger partial charge in [0, 0.05) is 24.8 Å². The largest absolute Gasteiger partial charge is 0.383 e. The van der Waals surface area contributed by atoms with Crippen molar-refractivity contribution in [2.24, 2.45) is 0 Å². The van der Waals surface area contributed by atoms with Gasteiger partial charge in [-0.3, -0.25) is 9.88 Å². The number of nitrogens with zero attached hydrogens (tertiary/aromatic N) is 2. The van der Waals surface area contributed by atoms with Crippen LogP contribution >= 0.6 is 0 Å². The first kappa shape index (κ1) is 15.7. The molecule has 2 bridgehead atoms. The molecule has 0 aliphatic carbocycles. The van der Waals surface area contributed by atoms with Crippen LogP contribution in [0.1, 0.15) is 24.1 Å². The van der Waals surface area contributed by atoms with Crippen molar-refractivity contribution in [1.82, 2.24) is 9.88 Å². The number of ether oxygens (including phenoxy) is 1. The molecule has 5 heteroatoms. The van der Waals surface area contributed by atoms with Gasteiger partial charge in [0.15, 0.2) is 0 Å². The summed E-state index contributed by atoms with van der Waals surface area (Å²) in [6.07, 6.45) is 2.44. The highest BCUT2D eigenvalue weighted by Gasteiger charge is 2.47. The van der Waals surface area contributed by atoms with E-state index < -0.39 is 5.60 Å². The number of pyridine rings is 1. The zero-order chi connectivity index (χ0) is 16.6. The molecule has 1 N–H and O–H groups in total. The van der Waals surface area contributed by atoms with Crippen molar-refractivity contribution in [3.8, 4) is 0 Å². The average molecular weight is 328 g/mol. The fraction of sp³-hybridized carbons (Fsp3) is 0.421. The van der Waals surface area contributed by atoms with Crippen LogP contribution in [0.2, 0.25) is 0 Å². The van der Waals surface area contributed by atoms with Crippen LogP contribution in [0.25, 0.3) is 0 Å². The Hall–Kier alpha value is -1.82. The normalized spacial score (nSPS) is 30.2. The lowest BCUT2D eigenvalue weighted by atomic mass is 9.78. The minimum absolute atomic E-state index is 0.104. The Balaban J connectivity index is 1.58. The van der Waals surface area contributed by atoms with Crippen LogP contribution in [0.5, 0.6) is 0 Å². The summed E-state index contributed by atoms with van der Waals surface area (Å²) in [5.74, 6) is -0.360. The minimum Gasteiger partial charge on any atom is -0.383 e. The molecule has 0 amide bonds. The third kappa shape index (κ3) is 2.95. The lowest BCUT2D eigenvalue weighted by Gasteiger charge is -2.51. The Labute approximate surface area is 140 Å². The molecule has 1 aromatic carbocycles. The van der Waals surface area contributed by atoms with Crippen molar-refractivity contribution in [1.29, 1.82) is 0 Å². The Bertz CT molecular complexity index is 696. The predicted molar refractivity (Wildman–Crippen MR) is 87.7 cm³/mol. The van der Waals surface area contributed by atoms with Crippen LogP contribution in [0, 0.1) is 5.82 Å². The van der Waals surface area contributed by atoms with Crippen LogP contribution in [0.3, 0.4) is 0 Å². The summed E-state index contributed by atoms with van der Waals surface area (Å²) >= 11 is 0. The monoisotopic (exact) mass is 328 g/mol. The van der Waals surface area contributed by atoms with E-state index in [9.17, 15) is 9.50 Å². The molecule has 4 nitrogen and oxygen atoms in total. The molecule has 24 heavy (non-hydrogen) atoms. The number of halogens is 1. The second-order valence-corrected chi connectivity index (χ2v) is 6.80. The number of morpholine rings is 1. The number of fused-ring (bicyclic) bond motifs is 2. The summed E-state index contributed by atoms with van der Waals surface area (Å²) < 4.78 is 19.3. The SMILES string of the molecule is OC1(c2cc(F)ccn2)CC2COCC(C1)N2Cc1ccccc1. The number of aliphatic hydroxyl groups is 1. The minimum atomic E-state index is -1.09. The highest BCUT2D eigenvalue weighted by molar-refractivity contribution is 5.19.